The van der Waals surface area contributed by atoms with E-state index in [1.165, 1.54) is 17.8 Å². The lowest BCUT2D eigenvalue weighted by atomic mass is 9.89. The normalized spacial score (nSPS) is 15.4. The average molecular weight is 503 g/mol. The summed E-state index contributed by atoms with van der Waals surface area (Å²) in [6, 6.07) is 17.1. The van der Waals surface area contributed by atoms with Gasteiger partial charge >= 0.3 is 5.69 Å². The van der Waals surface area contributed by atoms with Crippen LogP contribution in [0.1, 0.15) is 46.9 Å². The Labute approximate surface area is 213 Å². The molecule has 7 nitrogen and oxygen atoms in total. The van der Waals surface area contributed by atoms with Gasteiger partial charge in [0, 0.05) is 31.4 Å². The summed E-state index contributed by atoms with van der Waals surface area (Å²) in [5.74, 6) is -0.0501. The third kappa shape index (κ3) is 4.24. The number of aromatic nitrogens is 3. The number of fused-ring (bicyclic) bond motifs is 2. The standard InChI is InChI=1S/C28H27ClN4O3/c1-17(2)15-33-25-23(27(35)31(3)28(33)36)12-20(14-30-25)26(34)32-16-21-11-22(29)10-9-19(21)13-24(32)18-7-5-4-6-8-18/h4-12,14,17,24H,13,15-16H2,1-3H3. The number of hydrogen-bond donors (Lipinski definition) is 0. The van der Waals surface area contributed by atoms with Gasteiger partial charge in [-0.25, -0.2) is 9.78 Å². The van der Waals surface area contributed by atoms with Crippen molar-refractivity contribution in [2.24, 2.45) is 13.0 Å². The van der Waals surface area contributed by atoms with Crippen LogP contribution in [0.4, 0.5) is 0 Å². The quantitative estimate of drug-likeness (QED) is 0.416. The summed E-state index contributed by atoms with van der Waals surface area (Å²) >= 11 is 6.26. The van der Waals surface area contributed by atoms with Gasteiger partial charge in [0.05, 0.1) is 17.0 Å². The number of amides is 1. The molecule has 0 bridgehead atoms. The molecule has 4 aromatic rings. The van der Waals surface area contributed by atoms with Crippen LogP contribution in [0.15, 0.2) is 70.4 Å². The molecule has 184 valence electrons. The van der Waals surface area contributed by atoms with Gasteiger partial charge in [0.15, 0.2) is 0 Å². The summed E-state index contributed by atoms with van der Waals surface area (Å²) in [4.78, 5) is 45.9. The SMILES string of the molecule is CC(C)Cn1c(=O)n(C)c(=O)c2cc(C(=O)N3Cc4cc(Cl)ccc4CC3c3ccccc3)cnc21. The van der Waals surface area contributed by atoms with Gasteiger partial charge in [-0.1, -0.05) is 61.8 Å². The average Bonchev–Trinajstić information content (AvgIpc) is 2.88. The van der Waals surface area contributed by atoms with Crippen LogP contribution in [0, 0.1) is 5.92 Å². The maximum absolute atomic E-state index is 13.9. The second-order valence-electron chi connectivity index (χ2n) is 9.72. The molecular formula is C28H27ClN4O3. The number of nitrogens with zero attached hydrogens (tertiary/aromatic N) is 4. The molecule has 1 aliphatic rings. The van der Waals surface area contributed by atoms with Crippen molar-refractivity contribution in [3.63, 3.8) is 0 Å². The Bertz CT molecular complexity index is 1590. The van der Waals surface area contributed by atoms with E-state index in [1.54, 1.807) is 6.07 Å². The van der Waals surface area contributed by atoms with Crippen molar-refractivity contribution in [2.45, 2.75) is 39.4 Å². The van der Waals surface area contributed by atoms with E-state index in [9.17, 15) is 14.4 Å². The molecule has 3 heterocycles. The predicted octanol–water partition coefficient (Wildman–Crippen LogP) is 4.34. The number of hydrogen-bond acceptors (Lipinski definition) is 4. The minimum Gasteiger partial charge on any atom is -0.327 e. The molecule has 36 heavy (non-hydrogen) atoms. The molecule has 1 atom stereocenters. The van der Waals surface area contributed by atoms with Gasteiger partial charge in [-0.05, 0) is 47.2 Å². The zero-order valence-corrected chi connectivity index (χ0v) is 21.2. The summed E-state index contributed by atoms with van der Waals surface area (Å²) < 4.78 is 2.58. The molecule has 0 spiro atoms. The molecule has 5 rings (SSSR count). The topological polar surface area (TPSA) is 77.2 Å². The Balaban J connectivity index is 1.62. The highest BCUT2D eigenvalue weighted by molar-refractivity contribution is 6.30. The first-order chi connectivity index (χ1) is 17.2. The maximum atomic E-state index is 13.9. The zero-order valence-electron chi connectivity index (χ0n) is 20.4. The lowest BCUT2D eigenvalue weighted by molar-refractivity contribution is 0.0637. The van der Waals surface area contributed by atoms with Crippen LogP contribution in [-0.2, 0) is 26.6 Å². The van der Waals surface area contributed by atoms with Crippen molar-refractivity contribution in [3.8, 4) is 0 Å². The smallest absolute Gasteiger partial charge is 0.327 e. The van der Waals surface area contributed by atoms with Gasteiger partial charge in [-0.15, -0.1) is 0 Å². The van der Waals surface area contributed by atoms with Gasteiger partial charge in [0.2, 0.25) is 0 Å². The Hall–Kier alpha value is -3.71. The largest absolute Gasteiger partial charge is 0.332 e. The minimum absolute atomic E-state index is 0.179. The van der Waals surface area contributed by atoms with E-state index in [0.717, 1.165) is 21.3 Å². The summed E-state index contributed by atoms with van der Waals surface area (Å²) in [7, 11) is 1.45. The fourth-order valence-corrected chi connectivity index (χ4v) is 5.12. The number of rotatable bonds is 4. The van der Waals surface area contributed by atoms with Crippen molar-refractivity contribution in [3.05, 3.63) is 109 Å². The molecule has 2 aromatic carbocycles. The molecule has 0 aliphatic carbocycles. The van der Waals surface area contributed by atoms with Crippen LogP contribution in [0.3, 0.4) is 0 Å². The highest BCUT2D eigenvalue weighted by Gasteiger charge is 2.32. The monoisotopic (exact) mass is 502 g/mol. The summed E-state index contributed by atoms with van der Waals surface area (Å²) in [6.07, 6.45) is 2.12. The molecule has 0 saturated heterocycles. The van der Waals surface area contributed by atoms with Crippen LogP contribution in [-0.4, -0.2) is 24.9 Å². The lowest BCUT2D eigenvalue weighted by Gasteiger charge is -2.37. The van der Waals surface area contributed by atoms with Gasteiger partial charge in [-0.2, -0.15) is 0 Å². The Morgan fingerprint density at radius 1 is 1.08 bits per heavy atom. The molecule has 1 aliphatic heterocycles. The van der Waals surface area contributed by atoms with E-state index in [-0.39, 0.29) is 23.3 Å². The van der Waals surface area contributed by atoms with E-state index < -0.39 is 11.2 Å². The molecule has 1 amide bonds. The first kappa shape index (κ1) is 24.0. The van der Waals surface area contributed by atoms with Crippen LogP contribution in [0.25, 0.3) is 11.0 Å². The minimum atomic E-state index is -0.465. The van der Waals surface area contributed by atoms with Crippen LogP contribution >= 0.6 is 11.6 Å². The number of halogens is 1. The van der Waals surface area contributed by atoms with Crippen LogP contribution < -0.4 is 11.2 Å². The predicted molar refractivity (Wildman–Crippen MR) is 140 cm³/mol. The van der Waals surface area contributed by atoms with E-state index in [4.69, 9.17) is 11.6 Å². The van der Waals surface area contributed by atoms with Crippen molar-refractivity contribution in [2.75, 3.05) is 0 Å². The van der Waals surface area contributed by atoms with E-state index in [2.05, 4.69) is 4.98 Å². The molecule has 0 radical (unpaired) electrons. The van der Waals surface area contributed by atoms with Crippen LogP contribution in [0.5, 0.6) is 0 Å². The molecule has 0 saturated carbocycles. The van der Waals surface area contributed by atoms with Crippen molar-refractivity contribution in [1.82, 2.24) is 19.0 Å². The second-order valence-corrected chi connectivity index (χ2v) is 10.2. The first-order valence-electron chi connectivity index (χ1n) is 12.0. The number of benzene rings is 2. The Morgan fingerprint density at radius 2 is 1.83 bits per heavy atom. The fraction of sp³-hybridized carbons (Fsp3) is 0.286. The first-order valence-corrected chi connectivity index (χ1v) is 12.3. The third-order valence-corrected chi connectivity index (χ3v) is 6.95. The zero-order chi connectivity index (χ0) is 25.6. The van der Waals surface area contributed by atoms with Crippen LogP contribution in [0.2, 0.25) is 5.02 Å². The van der Waals surface area contributed by atoms with Gasteiger partial charge in [0.1, 0.15) is 5.65 Å². The number of pyridine rings is 1. The third-order valence-electron chi connectivity index (χ3n) is 6.71. The molecule has 1 unspecified atom stereocenters. The fourth-order valence-electron chi connectivity index (χ4n) is 4.92. The molecule has 8 heteroatoms. The molecular weight excluding hydrogens is 476 g/mol. The Morgan fingerprint density at radius 3 is 2.56 bits per heavy atom. The number of carbonyl (C=O) groups is 1. The van der Waals surface area contributed by atoms with Crippen molar-refractivity contribution in [1.29, 1.82) is 0 Å². The van der Waals surface area contributed by atoms with Gasteiger partial charge in [-0.3, -0.25) is 18.7 Å². The maximum Gasteiger partial charge on any atom is 0.332 e. The van der Waals surface area contributed by atoms with E-state index in [1.807, 2.05) is 67.3 Å². The molecule has 0 N–H and O–H groups in total. The van der Waals surface area contributed by atoms with Gasteiger partial charge in [0.25, 0.3) is 11.5 Å². The Kier molecular flexibility index (Phi) is 6.26. The molecule has 2 aromatic heterocycles. The number of carbonyl (C=O) groups excluding carboxylic acids is 1. The summed E-state index contributed by atoms with van der Waals surface area (Å²) in [5.41, 5.74) is 2.90. The van der Waals surface area contributed by atoms with Gasteiger partial charge < -0.3 is 4.90 Å². The highest BCUT2D eigenvalue weighted by atomic mass is 35.5. The second kappa shape index (κ2) is 9.39. The lowest BCUT2D eigenvalue weighted by Crippen LogP contribution is -2.40. The molecule has 0 fully saturated rings. The summed E-state index contributed by atoms with van der Waals surface area (Å²) in [5, 5.41) is 0.874. The van der Waals surface area contributed by atoms with Crippen molar-refractivity contribution < 1.29 is 4.79 Å². The van der Waals surface area contributed by atoms with Crippen molar-refractivity contribution >= 4 is 28.5 Å². The van der Waals surface area contributed by atoms with E-state index >= 15 is 0 Å². The highest BCUT2D eigenvalue weighted by Crippen LogP contribution is 2.35. The summed E-state index contributed by atoms with van der Waals surface area (Å²) in [6.45, 7) is 4.79. The van der Waals surface area contributed by atoms with E-state index in [0.29, 0.717) is 35.7 Å².